The molecule has 1 aliphatic rings. The molecule has 1 saturated carbocycles. The van der Waals surface area contributed by atoms with Gasteiger partial charge in [-0.25, -0.2) is 14.4 Å². The fourth-order valence-electron chi connectivity index (χ4n) is 4.18. The van der Waals surface area contributed by atoms with Crippen molar-refractivity contribution >= 4 is 28.3 Å². The fraction of sp³-hybridized carbons (Fsp3) is 0.348. The zero-order chi connectivity index (χ0) is 23.2. The highest BCUT2D eigenvalue weighted by Crippen LogP contribution is 2.45. The third-order valence-electron chi connectivity index (χ3n) is 6.16. The average Bonchev–Trinajstić information content (AvgIpc) is 3.33. The molecule has 3 heterocycles. The van der Waals surface area contributed by atoms with Crippen LogP contribution in [0.5, 0.6) is 0 Å². The molecule has 10 heteroatoms. The zero-order valence-corrected chi connectivity index (χ0v) is 19.1. The molecular weight excluding hydrogens is 443 g/mol. The molecule has 0 aliphatic heterocycles. The number of fused-ring (bicyclic) bond motifs is 1. The fourth-order valence-corrected chi connectivity index (χ4v) is 5.31. The van der Waals surface area contributed by atoms with E-state index in [0.717, 1.165) is 29.1 Å². The number of nitrogens with zero attached hydrogens (tertiary/aromatic N) is 4. The maximum atomic E-state index is 14.3. The monoisotopic (exact) mass is 466 g/mol. The molecule has 1 fully saturated rings. The molecule has 0 bridgehead atoms. The van der Waals surface area contributed by atoms with Crippen LogP contribution in [0.15, 0.2) is 35.3 Å². The maximum Gasteiger partial charge on any atom is 0.262 e. The quantitative estimate of drug-likeness (QED) is 0.453. The van der Waals surface area contributed by atoms with E-state index in [9.17, 15) is 14.0 Å². The standard InChI is InChI=1S/C23H23FN6O2S/c1-13-19(14-6-3-4-7-16(14)24)28-22(33-13)23(10-5-11-23)29-18(31)9-8-17-26-20-15(21(32)27-17)12-25-30(20)2/h3-4,6-7,12H,5,8-11H2,1-2H3,(H,29,31)(H,26,27,32). The van der Waals surface area contributed by atoms with Crippen molar-refractivity contribution in [2.45, 2.75) is 44.6 Å². The molecular formula is C23H23FN6O2S. The van der Waals surface area contributed by atoms with E-state index in [1.54, 1.807) is 25.2 Å². The van der Waals surface area contributed by atoms with Gasteiger partial charge in [0.1, 0.15) is 22.0 Å². The van der Waals surface area contributed by atoms with E-state index >= 15 is 0 Å². The van der Waals surface area contributed by atoms with Gasteiger partial charge in [-0.05, 0) is 38.3 Å². The van der Waals surface area contributed by atoms with Crippen LogP contribution in [-0.4, -0.2) is 30.6 Å². The minimum atomic E-state index is -0.525. The van der Waals surface area contributed by atoms with Crippen molar-refractivity contribution in [3.8, 4) is 11.3 Å². The number of carbonyl (C=O) groups is 1. The van der Waals surface area contributed by atoms with Crippen LogP contribution in [0.3, 0.4) is 0 Å². The lowest BCUT2D eigenvalue weighted by Gasteiger charge is -2.40. The van der Waals surface area contributed by atoms with Gasteiger partial charge in [0.25, 0.3) is 5.56 Å². The lowest BCUT2D eigenvalue weighted by Crippen LogP contribution is -2.50. The number of carbonyl (C=O) groups excluding carboxylic acids is 1. The third-order valence-corrected chi connectivity index (χ3v) is 7.34. The van der Waals surface area contributed by atoms with Gasteiger partial charge in [-0.15, -0.1) is 11.3 Å². The first-order valence-electron chi connectivity index (χ1n) is 10.8. The Morgan fingerprint density at radius 1 is 1.30 bits per heavy atom. The molecule has 0 radical (unpaired) electrons. The van der Waals surface area contributed by atoms with Gasteiger partial charge in [0.15, 0.2) is 5.65 Å². The van der Waals surface area contributed by atoms with Crippen LogP contribution in [0.2, 0.25) is 0 Å². The number of nitrogens with one attached hydrogen (secondary N) is 2. The number of thiazole rings is 1. The molecule has 4 aromatic rings. The summed E-state index contributed by atoms with van der Waals surface area (Å²) in [5.74, 6) is -0.000355. The summed E-state index contributed by atoms with van der Waals surface area (Å²) in [6.07, 6.45) is 4.52. The molecule has 5 rings (SSSR count). The number of halogens is 1. The van der Waals surface area contributed by atoms with Crippen molar-refractivity contribution in [3.63, 3.8) is 0 Å². The molecule has 1 aromatic carbocycles. The molecule has 0 unspecified atom stereocenters. The number of rotatable bonds is 6. The van der Waals surface area contributed by atoms with Crippen LogP contribution >= 0.6 is 11.3 Å². The first-order valence-corrected chi connectivity index (χ1v) is 11.6. The second-order valence-corrected chi connectivity index (χ2v) is 9.61. The number of aryl methyl sites for hydroxylation is 3. The Morgan fingerprint density at radius 3 is 2.82 bits per heavy atom. The third kappa shape index (κ3) is 3.84. The van der Waals surface area contributed by atoms with Gasteiger partial charge >= 0.3 is 0 Å². The number of hydrogen-bond donors (Lipinski definition) is 2. The average molecular weight is 467 g/mol. The normalized spacial score (nSPS) is 14.9. The molecule has 2 N–H and O–H groups in total. The summed E-state index contributed by atoms with van der Waals surface area (Å²) in [6.45, 7) is 1.92. The topological polar surface area (TPSA) is 106 Å². The first kappa shape index (κ1) is 21.4. The summed E-state index contributed by atoms with van der Waals surface area (Å²) in [5, 5.41) is 8.44. The Morgan fingerprint density at radius 2 is 2.09 bits per heavy atom. The lowest BCUT2D eigenvalue weighted by molar-refractivity contribution is -0.124. The highest BCUT2D eigenvalue weighted by atomic mass is 32.1. The molecule has 170 valence electrons. The molecule has 0 saturated heterocycles. The van der Waals surface area contributed by atoms with Crippen molar-refractivity contribution in [1.29, 1.82) is 0 Å². The predicted molar refractivity (Wildman–Crippen MR) is 123 cm³/mol. The van der Waals surface area contributed by atoms with E-state index in [4.69, 9.17) is 4.98 Å². The van der Waals surface area contributed by atoms with Crippen molar-refractivity contribution in [2.24, 2.45) is 7.05 Å². The van der Waals surface area contributed by atoms with Gasteiger partial charge in [0, 0.05) is 30.3 Å². The van der Waals surface area contributed by atoms with Crippen molar-refractivity contribution in [2.75, 3.05) is 0 Å². The Kier molecular flexibility index (Phi) is 5.32. The number of H-pyrrole nitrogens is 1. The first-order chi connectivity index (χ1) is 15.9. The number of benzene rings is 1. The highest BCUT2D eigenvalue weighted by molar-refractivity contribution is 7.12. The number of aromatic amines is 1. The number of aromatic nitrogens is 5. The van der Waals surface area contributed by atoms with Gasteiger partial charge in [-0.1, -0.05) is 12.1 Å². The van der Waals surface area contributed by atoms with Gasteiger partial charge in [-0.2, -0.15) is 5.10 Å². The molecule has 33 heavy (non-hydrogen) atoms. The molecule has 0 spiro atoms. The van der Waals surface area contributed by atoms with Crippen LogP contribution in [0, 0.1) is 12.7 Å². The number of amides is 1. The second-order valence-electron chi connectivity index (χ2n) is 8.41. The summed E-state index contributed by atoms with van der Waals surface area (Å²) in [5.41, 5.74) is 0.795. The van der Waals surface area contributed by atoms with Gasteiger partial charge in [0.2, 0.25) is 5.91 Å². The van der Waals surface area contributed by atoms with Crippen molar-refractivity contribution < 1.29 is 9.18 Å². The molecule has 3 aromatic heterocycles. The van der Waals surface area contributed by atoms with Crippen molar-refractivity contribution in [1.82, 2.24) is 30.0 Å². The summed E-state index contributed by atoms with van der Waals surface area (Å²) in [4.78, 5) is 37.9. The van der Waals surface area contributed by atoms with Gasteiger partial charge in [-0.3, -0.25) is 14.3 Å². The van der Waals surface area contributed by atoms with Crippen LogP contribution < -0.4 is 10.9 Å². The summed E-state index contributed by atoms with van der Waals surface area (Å²) < 4.78 is 15.9. The van der Waals surface area contributed by atoms with E-state index in [-0.39, 0.29) is 23.7 Å². The minimum Gasteiger partial charge on any atom is -0.344 e. The summed E-state index contributed by atoms with van der Waals surface area (Å²) in [6, 6.07) is 6.60. The Labute approximate surface area is 192 Å². The lowest BCUT2D eigenvalue weighted by atomic mass is 9.77. The van der Waals surface area contributed by atoms with E-state index in [1.165, 1.54) is 28.3 Å². The maximum absolute atomic E-state index is 14.3. The molecule has 0 atom stereocenters. The van der Waals surface area contributed by atoms with Crippen LogP contribution in [0.25, 0.3) is 22.3 Å². The van der Waals surface area contributed by atoms with E-state index in [1.807, 2.05) is 6.92 Å². The number of hydrogen-bond acceptors (Lipinski definition) is 6. The highest BCUT2D eigenvalue weighted by Gasteiger charge is 2.43. The van der Waals surface area contributed by atoms with E-state index in [0.29, 0.717) is 34.5 Å². The second kappa shape index (κ2) is 8.18. The van der Waals surface area contributed by atoms with E-state index in [2.05, 4.69) is 20.4 Å². The van der Waals surface area contributed by atoms with Gasteiger partial charge in [0.05, 0.1) is 17.4 Å². The Bertz CT molecular complexity index is 1420. The molecule has 1 aliphatic carbocycles. The zero-order valence-electron chi connectivity index (χ0n) is 18.3. The van der Waals surface area contributed by atoms with Crippen molar-refractivity contribution in [3.05, 3.63) is 62.3 Å². The molecule has 8 nitrogen and oxygen atoms in total. The van der Waals surface area contributed by atoms with Crippen LogP contribution in [-0.2, 0) is 23.8 Å². The molecule has 1 amide bonds. The SMILES string of the molecule is Cc1sc(C2(NC(=O)CCc3nc4c(cnn4C)c(=O)[nH]3)CCC2)nc1-c1ccccc1F. The Balaban J connectivity index is 1.33. The van der Waals surface area contributed by atoms with E-state index < -0.39 is 5.54 Å². The van der Waals surface area contributed by atoms with Crippen LogP contribution in [0.4, 0.5) is 4.39 Å². The minimum absolute atomic E-state index is 0.136. The van der Waals surface area contributed by atoms with Crippen LogP contribution in [0.1, 0.15) is 41.4 Å². The summed E-state index contributed by atoms with van der Waals surface area (Å²) >= 11 is 1.50. The predicted octanol–water partition coefficient (Wildman–Crippen LogP) is 3.36. The smallest absolute Gasteiger partial charge is 0.262 e. The Hall–Kier alpha value is -3.40. The largest absolute Gasteiger partial charge is 0.344 e. The van der Waals surface area contributed by atoms with Gasteiger partial charge < -0.3 is 10.3 Å². The summed E-state index contributed by atoms with van der Waals surface area (Å²) in [7, 11) is 1.72.